The van der Waals surface area contributed by atoms with Gasteiger partial charge in [0.1, 0.15) is 11.5 Å². The van der Waals surface area contributed by atoms with Crippen molar-refractivity contribution in [2.75, 3.05) is 26.2 Å². The first-order chi connectivity index (χ1) is 14.3. The van der Waals surface area contributed by atoms with Gasteiger partial charge in [0, 0.05) is 38.8 Å². The van der Waals surface area contributed by atoms with E-state index in [1.807, 2.05) is 24.0 Å². The molecule has 1 fully saturated rings. The summed E-state index contributed by atoms with van der Waals surface area (Å²) in [5.74, 6) is 1.20. The molecular weight excluding hydrogens is 397 g/mol. The van der Waals surface area contributed by atoms with E-state index in [-0.39, 0.29) is 5.91 Å². The molecule has 4 rings (SSSR count). The maximum absolute atomic E-state index is 12.9. The molecule has 0 spiro atoms. The number of furan rings is 1. The number of aromatic amines is 1. The van der Waals surface area contributed by atoms with E-state index in [9.17, 15) is 18.0 Å². The highest BCUT2D eigenvalue weighted by atomic mass is 19.4. The molecule has 1 aliphatic rings. The van der Waals surface area contributed by atoms with Gasteiger partial charge in [-0.2, -0.15) is 18.3 Å². The van der Waals surface area contributed by atoms with Crippen LogP contribution in [0.2, 0.25) is 0 Å². The zero-order valence-corrected chi connectivity index (χ0v) is 16.4. The van der Waals surface area contributed by atoms with Gasteiger partial charge in [0.15, 0.2) is 11.5 Å². The molecule has 158 valence electrons. The summed E-state index contributed by atoms with van der Waals surface area (Å²) in [4.78, 5) is 16.5. The van der Waals surface area contributed by atoms with Gasteiger partial charge < -0.3 is 9.32 Å². The number of hydrogen-bond acceptors (Lipinski definition) is 4. The summed E-state index contributed by atoms with van der Waals surface area (Å²) in [7, 11) is 0. The molecule has 3 aromatic rings. The van der Waals surface area contributed by atoms with Crippen LogP contribution in [0, 0.1) is 6.92 Å². The van der Waals surface area contributed by atoms with Crippen molar-refractivity contribution in [1.82, 2.24) is 20.0 Å². The maximum Gasteiger partial charge on any atom is 0.416 e. The van der Waals surface area contributed by atoms with Crippen LogP contribution in [0.25, 0.3) is 11.5 Å². The van der Waals surface area contributed by atoms with Crippen LogP contribution in [0.4, 0.5) is 13.2 Å². The number of H-pyrrole nitrogens is 1. The number of hydrogen-bond donors (Lipinski definition) is 1. The highest BCUT2D eigenvalue weighted by Crippen LogP contribution is 2.30. The van der Waals surface area contributed by atoms with Crippen LogP contribution >= 0.6 is 0 Å². The fourth-order valence-corrected chi connectivity index (χ4v) is 3.51. The number of carbonyl (C=O) groups is 1. The molecular formula is C21H21F3N4O2. The van der Waals surface area contributed by atoms with E-state index in [1.54, 1.807) is 17.0 Å². The van der Waals surface area contributed by atoms with E-state index >= 15 is 0 Å². The van der Waals surface area contributed by atoms with Crippen LogP contribution in [-0.2, 0) is 12.7 Å². The summed E-state index contributed by atoms with van der Waals surface area (Å²) in [6.07, 6.45) is -4.35. The number of carbonyl (C=O) groups excluding carboxylic acids is 1. The van der Waals surface area contributed by atoms with E-state index in [0.717, 1.165) is 11.8 Å². The molecule has 1 amide bonds. The third-order valence-corrected chi connectivity index (χ3v) is 5.12. The van der Waals surface area contributed by atoms with Crippen molar-refractivity contribution >= 4 is 5.91 Å². The smallest absolute Gasteiger partial charge is 0.416 e. The summed E-state index contributed by atoms with van der Waals surface area (Å²) in [5, 5.41) is 6.92. The monoisotopic (exact) mass is 418 g/mol. The first-order valence-corrected chi connectivity index (χ1v) is 9.59. The van der Waals surface area contributed by atoms with Crippen molar-refractivity contribution in [2.45, 2.75) is 19.6 Å². The Morgan fingerprint density at radius 3 is 2.57 bits per heavy atom. The Morgan fingerprint density at radius 2 is 1.90 bits per heavy atom. The highest BCUT2D eigenvalue weighted by Gasteiger charge is 2.30. The van der Waals surface area contributed by atoms with Gasteiger partial charge in [0.2, 0.25) is 0 Å². The van der Waals surface area contributed by atoms with Crippen molar-refractivity contribution in [2.24, 2.45) is 0 Å². The van der Waals surface area contributed by atoms with E-state index in [4.69, 9.17) is 4.42 Å². The fraction of sp³-hybridized carbons (Fsp3) is 0.333. The van der Waals surface area contributed by atoms with Crippen LogP contribution in [0.1, 0.15) is 27.4 Å². The number of nitrogens with zero attached hydrogens (tertiary/aromatic N) is 3. The molecule has 0 unspecified atom stereocenters. The van der Waals surface area contributed by atoms with Gasteiger partial charge in [0.25, 0.3) is 5.91 Å². The number of nitrogens with one attached hydrogen (secondary N) is 1. The van der Waals surface area contributed by atoms with Crippen molar-refractivity contribution in [3.63, 3.8) is 0 Å². The lowest BCUT2D eigenvalue weighted by atomic mass is 10.1. The number of alkyl halides is 3. The third-order valence-electron chi connectivity index (χ3n) is 5.12. The van der Waals surface area contributed by atoms with E-state index in [0.29, 0.717) is 55.4 Å². The van der Waals surface area contributed by atoms with Crippen LogP contribution in [-0.4, -0.2) is 52.1 Å². The number of aryl methyl sites for hydroxylation is 1. The van der Waals surface area contributed by atoms with E-state index < -0.39 is 11.7 Å². The number of amides is 1. The fourth-order valence-electron chi connectivity index (χ4n) is 3.51. The second-order valence-corrected chi connectivity index (χ2v) is 7.34. The summed E-state index contributed by atoms with van der Waals surface area (Å²) in [6, 6.07) is 10.7. The minimum atomic E-state index is -4.35. The lowest BCUT2D eigenvalue weighted by Crippen LogP contribution is -2.48. The average Bonchev–Trinajstić information content (AvgIpc) is 3.37. The van der Waals surface area contributed by atoms with Gasteiger partial charge in [-0.15, -0.1) is 0 Å². The third kappa shape index (κ3) is 4.40. The molecule has 9 heteroatoms. The average molecular weight is 418 g/mol. The highest BCUT2D eigenvalue weighted by molar-refractivity contribution is 5.93. The Balaban J connectivity index is 1.34. The van der Waals surface area contributed by atoms with Crippen LogP contribution in [0.5, 0.6) is 0 Å². The lowest BCUT2D eigenvalue weighted by Gasteiger charge is -2.34. The Bertz CT molecular complexity index is 1030. The Labute approximate surface area is 171 Å². The predicted octanol–water partition coefficient (Wildman–Crippen LogP) is 3.95. The summed E-state index contributed by atoms with van der Waals surface area (Å²) in [5.41, 5.74) is 0.908. The van der Waals surface area contributed by atoms with Gasteiger partial charge in [-0.1, -0.05) is 18.2 Å². The number of rotatable bonds is 4. The van der Waals surface area contributed by atoms with E-state index in [2.05, 4.69) is 10.2 Å². The zero-order chi connectivity index (χ0) is 21.3. The molecule has 0 aliphatic carbocycles. The maximum atomic E-state index is 12.9. The van der Waals surface area contributed by atoms with Crippen molar-refractivity contribution in [3.8, 4) is 11.5 Å². The predicted molar refractivity (Wildman–Crippen MR) is 104 cm³/mol. The Morgan fingerprint density at radius 1 is 1.13 bits per heavy atom. The van der Waals surface area contributed by atoms with Crippen molar-refractivity contribution in [1.29, 1.82) is 0 Å². The lowest BCUT2D eigenvalue weighted by molar-refractivity contribution is -0.137. The Kier molecular flexibility index (Phi) is 5.38. The van der Waals surface area contributed by atoms with Crippen molar-refractivity contribution < 1.29 is 22.4 Å². The van der Waals surface area contributed by atoms with Crippen LogP contribution in [0.15, 0.2) is 46.9 Å². The summed E-state index contributed by atoms with van der Waals surface area (Å²) < 4.78 is 44.2. The van der Waals surface area contributed by atoms with Gasteiger partial charge >= 0.3 is 6.18 Å². The molecule has 1 saturated heterocycles. The number of benzene rings is 1. The Hall–Kier alpha value is -3.07. The molecule has 1 aliphatic heterocycles. The SMILES string of the molecule is Cc1ccc(-c2cc(C(=O)N3CCN(Cc4cccc(C(F)(F)F)c4)CC3)n[nH]2)o1. The van der Waals surface area contributed by atoms with Gasteiger partial charge in [0.05, 0.1) is 5.56 Å². The zero-order valence-electron chi connectivity index (χ0n) is 16.4. The topological polar surface area (TPSA) is 65.4 Å². The molecule has 30 heavy (non-hydrogen) atoms. The number of halogens is 3. The van der Waals surface area contributed by atoms with Gasteiger partial charge in [-0.25, -0.2) is 0 Å². The molecule has 6 nitrogen and oxygen atoms in total. The quantitative estimate of drug-likeness (QED) is 0.697. The standard InChI is InChI=1S/C21H21F3N4O2/c1-14-5-6-19(30-14)17-12-18(26-25-17)20(29)28-9-7-27(8-10-28)13-15-3-2-4-16(11-15)21(22,23)24/h2-6,11-12H,7-10,13H2,1H3,(H,25,26). The second kappa shape index (κ2) is 7.98. The normalized spacial score (nSPS) is 15.5. The molecule has 2 aromatic heterocycles. The first kappa shape index (κ1) is 20.2. The van der Waals surface area contributed by atoms with E-state index in [1.165, 1.54) is 12.1 Å². The molecule has 1 N–H and O–H groups in total. The molecule has 1 aromatic carbocycles. The molecule has 3 heterocycles. The molecule has 0 bridgehead atoms. The molecule has 0 saturated carbocycles. The minimum absolute atomic E-state index is 0.181. The van der Waals surface area contributed by atoms with Crippen LogP contribution in [0.3, 0.4) is 0 Å². The molecule has 0 radical (unpaired) electrons. The van der Waals surface area contributed by atoms with Crippen LogP contribution < -0.4 is 0 Å². The number of piperazine rings is 1. The van der Waals surface area contributed by atoms with Gasteiger partial charge in [-0.3, -0.25) is 14.8 Å². The molecule has 0 atom stereocenters. The van der Waals surface area contributed by atoms with Gasteiger partial charge in [-0.05, 0) is 30.7 Å². The summed E-state index contributed by atoms with van der Waals surface area (Å²) >= 11 is 0. The largest absolute Gasteiger partial charge is 0.460 e. The minimum Gasteiger partial charge on any atom is -0.460 e. The number of aromatic nitrogens is 2. The van der Waals surface area contributed by atoms with Crippen molar-refractivity contribution in [3.05, 3.63) is 65.0 Å². The second-order valence-electron chi connectivity index (χ2n) is 7.34. The summed E-state index contributed by atoms with van der Waals surface area (Å²) in [6.45, 7) is 4.38. The first-order valence-electron chi connectivity index (χ1n) is 9.59.